The number of methoxy groups -OCH3 is 1. The topological polar surface area (TPSA) is 73.6 Å². The van der Waals surface area contributed by atoms with Gasteiger partial charge in [0.25, 0.3) is 5.69 Å². The Balaban J connectivity index is 1.70. The minimum atomic E-state index is -0.429. The number of benzene rings is 3. The number of nitro groups is 1. The monoisotopic (exact) mass is 490 g/mol. The summed E-state index contributed by atoms with van der Waals surface area (Å²) in [5, 5.41) is 14.8. The highest BCUT2D eigenvalue weighted by atomic mass is 79.9. The van der Waals surface area contributed by atoms with Crippen molar-refractivity contribution >= 4 is 38.9 Å². The third-order valence-corrected chi connectivity index (χ3v) is 5.48. The molecule has 1 N–H and O–H groups in total. The van der Waals surface area contributed by atoms with E-state index in [1.165, 1.54) is 12.1 Å². The predicted octanol–water partition coefficient (Wildman–Crippen LogP) is 6.52. The predicted molar refractivity (Wildman–Crippen MR) is 122 cm³/mol. The molecule has 0 bridgehead atoms. The molecule has 6 nitrogen and oxygen atoms in total. The molecule has 0 aliphatic heterocycles. The molecule has 0 aromatic heterocycles. The zero-order valence-electron chi connectivity index (χ0n) is 16.4. The van der Waals surface area contributed by atoms with E-state index < -0.39 is 4.92 Å². The van der Waals surface area contributed by atoms with E-state index in [2.05, 4.69) is 21.2 Å². The second-order valence-electron chi connectivity index (χ2n) is 6.64. The van der Waals surface area contributed by atoms with Gasteiger partial charge >= 0.3 is 0 Å². The zero-order valence-corrected chi connectivity index (χ0v) is 18.8. The molecular formula is C22H20BrClN2O4. The highest BCUT2D eigenvalue weighted by Crippen LogP contribution is 2.37. The van der Waals surface area contributed by atoms with Crippen LogP contribution in [-0.4, -0.2) is 12.0 Å². The molecule has 3 aromatic rings. The number of hydrogen-bond acceptors (Lipinski definition) is 5. The molecule has 0 radical (unpaired) electrons. The summed E-state index contributed by atoms with van der Waals surface area (Å²) in [5.41, 5.74) is 3.82. The first-order valence-electron chi connectivity index (χ1n) is 9.10. The van der Waals surface area contributed by atoms with Crippen LogP contribution in [0.25, 0.3) is 0 Å². The normalized spacial score (nSPS) is 10.5. The number of aryl methyl sites for hydroxylation is 1. The molecule has 3 aromatic carbocycles. The van der Waals surface area contributed by atoms with E-state index >= 15 is 0 Å². The van der Waals surface area contributed by atoms with Crippen LogP contribution in [0.2, 0.25) is 5.02 Å². The maximum absolute atomic E-state index is 10.8. The molecule has 0 fully saturated rings. The van der Waals surface area contributed by atoms with Crippen molar-refractivity contribution < 1.29 is 14.4 Å². The molecule has 156 valence electrons. The van der Waals surface area contributed by atoms with Gasteiger partial charge in [-0.25, -0.2) is 0 Å². The lowest BCUT2D eigenvalue weighted by Gasteiger charge is -2.15. The molecule has 30 heavy (non-hydrogen) atoms. The number of ether oxygens (including phenoxy) is 2. The lowest BCUT2D eigenvalue weighted by Crippen LogP contribution is -2.03. The number of halogens is 2. The number of hydrogen-bond donors (Lipinski definition) is 1. The molecule has 0 spiro atoms. The zero-order chi connectivity index (χ0) is 21.7. The number of anilines is 1. The Morgan fingerprint density at radius 2 is 1.83 bits per heavy atom. The van der Waals surface area contributed by atoms with Crippen LogP contribution in [-0.2, 0) is 13.2 Å². The van der Waals surface area contributed by atoms with Crippen LogP contribution in [0.3, 0.4) is 0 Å². The van der Waals surface area contributed by atoms with Gasteiger partial charge in [0.05, 0.1) is 16.5 Å². The van der Waals surface area contributed by atoms with Gasteiger partial charge in [-0.3, -0.25) is 10.1 Å². The van der Waals surface area contributed by atoms with Crippen LogP contribution >= 0.6 is 27.5 Å². The minimum absolute atomic E-state index is 0.0456. The fraction of sp³-hybridized carbons (Fsp3) is 0.182. The van der Waals surface area contributed by atoms with Crippen molar-refractivity contribution in [1.82, 2.24) is 0 Å². The highest BCUT2D eigenvalue weighted by molar-refractivity contribution is 9.10. The van der Waals surface area contributed by atoms with Crippen LogP contribution in [0.1, 0.15) is 16.7 Å². The fourth-order valence-corrected chi connectivity index (χ4v) is 3.58. The number of nitrogens with one attached hydrogen (secondary N) is 1. The first-order chi connectivity index (χ1) is 14.4. The van der Waals surface area contributed by atoms with Gasteiger partial charge in [0.1, 0.15) is 6.61 Å². The van der Waals surface area contributed by atoms with Crippen molar-refractivity contribution in [2.45, 2.75) is 20.1 Å². The van der Waals surface area contributed by atoms with Crippen LogP contribution < -0.4 is 14.8 Å². The molecule has 8 heteroatoms. The first kappa shape index (κ1) is 21.9. The summed E-state index contributed by atoms with van der Waals surface area (Å²) in [6.45, 7) is 2.80. The van der Waals surface area contributed by atoms with Crippen LogP contribution in [0.15, 0.2) is 59.1 Å². The Morgan fingerprint density at radius 1 is 1.10 bits per heavy atom. The average molecular weight is 492 g/mol. The minimum Gasteiger partial charge on any atom is -0.493 e. The number of nitrogens with zero attached hydrogens (tertiary/aromatic N) is 1. The van der Waals surface area contributed by atoms with Crippen LogP contribution in [0.5, 0.6) is 11.5 Å². The van der Waals surface area contributed by atoms with E-state index in [1.807, 2.05) is 37.3 Å². The maximum atomic E-state index is 10.8. The standard InChI is InChI=1S/C22H20BrClN2O4/c1-14-3-6-17(11-20(14)24)25-12-16-9-19(23)22(21(10-16)29-2)30-13-15-4-7-18(8-5-15)26(27)28/h3-11,25H,12-13H2,1-2H3. The Hall–Kier alpha value is -2.77. The van der Waals surface area contributed by atoms with Crippen molar-refractivity contribution in [3.05, 3.63) is 90.9 Å². The Bertz CT molecular complexity index is 1060. The molecule has 0 aliphatic rings. The van der Waals surface area contributed by atoms with E-state index in [-0.39, 0.29) is 12.3 Å². The molecule has 0 atom stereocenters. The molecule has 0 amide bonds. The molecular weight excluding hydrogens is 472 g/mol. The van der Waals surface area contributed by atoms with Gasteiger partial charge in [0.15, 0.2) is 11.5 Å². The molecule has 3 rings (SSSR count). The van der Waals surface area contributed by atoms with Crippen molar-refractivity contribution in [2.24, 2.45) is 0 Å². The summed E-state index contributed by atoms with van der Waals surface area (Å²) >= 11 is 9.73. The van der Waals surface area contributed by atoms with E-state index in [0.717, 1.165) is 26.9 Å². The van der Waals surface area contributed by atoms with Crippen molar-refractivity contribution in [1.29, 1.82) is 0 Å². The summed E-state index contributed by atoms with van der Waals surface area (Å²) < 4.78 is 12.2. The second kappa shape index (κ2) is 9.82. The van der Waals surface area contributed by atoms with Gasteiger partial charge < -0.3 is 14.8 Å². The number of rotatable bonds is 8. The lowest BCUT2D eigenvalue weighted by molar-refractivity contribution is -0.384. The molecule has 0 unspecified atom stereocenters. The summed E-state index contributed by atoms with van der Waals surface area (Å²) in [5.74, 6) is 1.16. The highest BCUT2D eigenvalue weighted by Gasteiger charge is 2.13. The maximum Gasteiger partial charge on any atom is 0.269 e. The quantitative estimate of drug-likeness (QED) is 0.287. The number of non-ortho nitro benzene ring substituents is 1. The summed E-state index contributed by atoms with van der Waals surface area (Å²) in [6.07, 6.45) is 0. The number of nitro benzene ring substituents is 1. The molecule has 0 aliphatic carbocycles. The summed E-state index contributed by atoms with van der Waals surface area (Å²) in [7, 11) is 1.58. The fourth-order valence-electron chi connectivity index (χ4n) is 2.79. The molecule has 0 heterocycles. The van der Waals surface area contributed by atoms with E-state index in [9.17, 15) is 10.1 Å². The average Bonchev–Trinajstić information content (AvgIpc) is 2.73. The Morgan fingerprint density at radius 3 is 2.47 bits per heavy atom. The first-order valence-corrected chi connectivity index (χ1v) is 10.3. The Kier molecular flexibility index (Phi) is 7.18. The van der Waals surface area contributed by atoms with E-state index in [0.29, 0.717) is 23.1 Å². The van der Waals surface area contributed by atoms with Crippen LogP contribution in [0, 0.1) is 17.0 Å². The van der Waals surface area contributed by atoms with Gasteiger partial charge in [-0.05, 0) is 75.9 Å². The Labute approximate surface area is 188 Å². The van der Waals surface area contributed by atoms with E-state index in [1.54, 1.807) is 19.2 Å². The smallest absolute Gasteiger partial charge is 0.269 e. The van der Waals surface area contributed by atoms with Gasteiger partial charge in [0, 0.05) is 29.4 Å². The SMILES string of the molecule is COc1cc(CNc2ccc(C)c(Cl)c2)cc(Br)c1OCc1ccc([N+](=O)[O-])cc1. The summed E-state index contributed by atoms with van der Waals surface area (Å²) in [6, 6.07) is 16.0. The summed E-state index contributed by atoms with van der Waals surface area (Å²) in [4.78, 5) is 10.3. The molecule has 0 saturated heterocycles. The third kappa shape index (κ3) is 5.43. The van der Waals surface area contributed by atoms with Crippen molar-refractivity contribution in [3.63, 3.8) is 0 Å². The van der Waals surface area contributed by atoms with Gasteiger partial charge in [-0.1, -0.05) is 17.7 Å². The van der Waals surface area contributed by atoms with Crippen molar-refractivity contribution in [2.75, 3.05) is 12.4 Å². The third-order valence-electron chi connectivity index (χ3n) is 4.49. The van der Waals surface area contributed by atoms with E-state index in [4.69, 9.17) is 21.1 Å². The lowest BCUT2D eigenvalue weighted by atomic mass is 10.1. The van der Waals surface area contributed by atoms with Gasteiger partial charge in [-0.2, -0.15) is 0 Å². The molecule has 0 saturated carbocycles. The van der Waals surface area contributed by atoms with Crippen LogP contribution in [0.4, 0.5) is 11.4 Å². The largest absolute Gasteiger partial charge is 0.493 e. The van der Waals surface area contributed by atoms with Gasteiger partial charge in [-0.15, -0.1) is 0 Å². The second-order valence-corrected chi connectivity index (χ2v) is 7.90. The van der Waals surface area contributed by atoms with Crippen molar-refractivity contribution in [3.8, 4) is 11.5 Å². The van der Waals surface area contributed by atoms with Gasteiger partial charge in [0.2, 0.25) is 0 Å².